The van der Waals surface area contributed by atoms with Crippen molar-refractivity contribution in [2.45, 2.75) is 46.2 Å². The molecule has 0 saturated carbocycles. The van der Waals surface area contributed by atoms with E-state index in [0.717, 1.165) is 24.8 Å². The number of benzene rings is 2. The van der Waals surface area contributed by atoms with Gasteiger partial charge in [0.15, 0.2) is 0 Å². The summed E-state index contributed by atoms with van der Waals surface area (Å²) >= 11 is 0. The van der Waals surface area contributed by atoms with Crippen molar-refractivity contribution in [3.63, 3.8) is 0 Å². The van der Waals surface area contributed by atoms with Gasteiger partial charge >= 0.3 is 12.1 Å². The van der Waals surface area contributed by atoms with Crippen LogP contribution in [0.4, 0.5) is 13.2 Å². The number of allylic oxidation sites excluding steroid dienone is 5. The van der Waals surface area contributed by atoms with Crippen molar-refractivity contribution in [2.24, 2.45) is 0 Å². The average molecular weight is 431 g/mol. The number of halogens is 3. The van der Waals surface area contributed by atoms with E-state index >= 15 is 0 Å². The van der Waals surface area contributed by atoms with E-state index in [-0.39, 0.29) is 5.56 Å². The van der Waals surface area contributed by atoms with Gasteiger partial charge in [-0.1, -0.05) is 72.3 Å². The molecule has 0 saturated heterocycles. The first-order valence-corrected chi connectivity index (χ1v) is 9.93. The SMILES string of the molecule is C=C(c1ccccc1)C(F)(F)F.CC(C)=CCC/C(C)=C/Cc1ccc(C(=O)O)cc1. The Balaban J connectivity index is 0.000000343. The Hall–Kier alpha value is -3.08. The van der Waals surface area contributed by atoms with Gasteiger partial charge in [-0.2, -0.15) is 13.2 Å². The summed E-state index contributed by atoms with van der Waals surface area (Å²) in [6.45, 7) is 9.34. The highest BCUT2D eigenvalue weighted by Gasteiger charge is 2.32. The third kappa shape index (κ3) is 10.5. The van der Waals surface area contributed by atoms with Crippen LogP contribution in [-0.4, -0.2) is 17.3 Å². The van der Waals surface area contributed by atoms with Gasteiger partial charge in [-0.25, -0.2) is 4.79 Å². The van der Waals surface area contributed by atoms with Crippen LogP contribution in [0, 0.1) is 0 Å². The van der Waals surface area contributed by atoms with Gasteiger partial charge in [-0.15, -0.1) is 0 Å². The largest absolute Gasteiger partial charge is 0.478 e. The van der Waals surface area contributed by atoms with Crippen LogP contribution in [0.3, 0.4) is 0 Å². The highest BCUT2D eigenvalue weighted by Crippen LogP contribution is 2.31. The molecule has 5 heteroatoms. The second-order valence-electron chi connectivity index (χ2n) is 7.42. The van der Waals surface area contributed by atoms with E-state index < -0.39 is 17.7 Å². The van der Waals surface area contributed by atoms with Gasteiger partial charge < -0.3 is 5.11 Å². The lowest BCUT2D eigenvalue weighted by molar-refractivity contribution is -0.0686. The molecule has 31 heavy (non-hydrogen) atoms. The zero-order valence-corrected chi connectivity index (χ0v) is 18.2. The molecular weight excluding hydrogens is 401 g/mol. The second kappa shape index (κ2) is 12.6. The van der Waals surface area contributed by atoms with Crippen molar-refractivity contribution in [1.29, 1.82) is 0 Å². The van der Waals surface area contributed by atoms with Gasteiger partial charge in [0.2, 0.25) is 0 Å². The highest BCUT2D eigenvalue weighted by atomic mass is 19.4. The van der Waals surface area contributed by atoms with Crippen molar-refractivity contribution in [3.05, 3.63) is 101 Å². The molecule has 2 nitrogen and oxygen atoms in total. The van der Waals surface area contributed by atoms with Gasteiger partial charge in [0.05, 0.1) is 11.1 Å². The molecule has 0 aromatic heterocycles. The zero-order chi connectivity index (χ0) is 23.4. The minimum Gasteiger partial charge on any atom is -0.478 e. The molecule has 0 radical (unpaired) electrons. The molecule has 0 spiro atoms. The summed E-state index contributed by atoms with van der Waals surface area (Å²) in [7, 11) is 0. The Morgan fingerprint density at radius 1 is 0.935 bits per heavy atom. The number of carboxylic acids is 1. The maximum atomic E-state index is 12.0. The van der Waals surface area contributed by atoms with Crippen molar-refractivity contribution in [3.8, 4) is 0 Å². The van der Waals surface area contributed by atoms with Crippen LogP contribution in [-0.2, 0) is 6.42 Å². The molecular formula is C26H29F3O2. The van der Waals surface area contributed by atoms with E-state index in [0.29, 0.717) is 5.56 Å². The topological polar surface area (TPSA) is 37.3 Å². The maximum absolute atomic E-state index is 12.0. The Morgan fingerprint density at radius 3 is 2.00 bits per heavy atom. The standard InChI is InChI=1S/C17H22O2.C9H7F3/c1-13(2)5-4-6-14(3)7-8-15-9-11-16(12-10-15)17(18)19;1-7(9(10,11)12)8-5-3-2-4-6-8/h5,7,9-12H,4,6,8H2,1-3H3,(H,18,19);2-6H,1H2/b14-7+;. The number of carbonyl (C=O) groups is 1. The molecule has 0 heterocycles. The summed E-state index contributed by atoms with van der Waals surface area (Å²) in [6.07, 6.45) is 3.16. The highest BCUT2D eigenvalue weighted by molar-refractivity contribution is 5.87. The molecule has 0 bridgehead atoms. The fraction of sp³-hybridized carbons (Fsp3) is 0.269. The summed E-state index contributed by atoms with van der Waals surface area (Å²) in [5.74, 6) is -0.875. The molecule has 0 atom stereocenters. The molecule has 0 fully saturated rings. The second-order valence-corrected chi connectivity index (χ2v) is 7.42. The molecule has 1 N–H and O–H groups in total. The van der Waals surface area contributed by atoms with Crippen LogP contribution < -0.4 is 0 Å². The number of hydrogen-bond donors (Lipinski definition) is 1. The van der Waals surface area contributed by atoms with Crippen LogP contribution >= 0.6 is 0 Å². The Morgan fingerprint density at radius 2 is 1.52 bits per heavy atom. The molecule has 2 rings (SSSR count). The molecule has 166 valence electrons. The minimum atomic E-state index is -4.33. The minimum absolute atomic E-state index is 0.116. The molecule has 2 aromatic rings. The summed E-state index contributed by atoms with van der Waals surface area (Å²) in [6, 6.07) is 14.6. The van der Waals surface area contributed by atoms with Gasteiger partial charge in [0.1, 0.15) is 0 Å². The lowest BCUT2D eigenvalue weighted by Gasteiger charge is -2.08. The lowest BCUT2D eigenvalue weighted by Crippen LogP contribution is -2.09. The van der Waals surface area contributed by atoms with E-state index in [1.165, 1.54) is 23.3 Å². The molecule has 0 aliphatic carbocycles. The first-order valence-electron chi connectivity index (χ1n) is 9.93. The molecule has 0 unspecified atom stereocenters. The molecule has 2 aromatic carbocycles. The first-order chi connectivity index (χ1) is 14.5. The first kappa shape index (κ1) is 26.0. The average Bonchev–Trinajstić information content (AvgIpc) is 2.72. The normalized spacial score (nSPS) is 11.2. The van der Waals surface area contributed by atoms with Crippen LogP contribution in [0.25, 0.3) is 5.57 Å². The van der Waals surface area contributed by atoms with E-state index in [1.54, 1.807) is 30.3 Å². The number of carboxylic acid groups (broad SMARTS) is 1. The van der Waals surface area contributed by atoms with Crippen molar-refractivity contribution in [1.82, 2.24) is 0 Å². The van der Waals surface area contributed by atoms with E-state index in [1.807, 2.05) is 12.1 Å². The van der Waals surface area contributed by atoms with Crippen molar-refractivity contribution < 1.29 is 23.1 Å². The Kier molecular flexibility index (Phi) is 10.5. The van der Waals surface area contributed by atoms with Gasteiger partial charge in [0.25, 0.3) is 0 Å². The summed E-state index contributed by atoms with van der Waals surface area (Å²) in [4.78, 5) is 10.7. The quantitative estimate of drug-likeness (QED) is 0.454. The van der Waals surface area contributed by atoms with Crippen LogP contribution in [0.5, 0.6) is 0 Å². The number of aromatic carboxylic acids is 1. The Bertz CT molecular complexity index is 902. The summed E-state index contributed by atoms with van der Waals surface area (Å²) in [5.41, 5.74) is 3.53. The molecule has 0 aliphatic rings. The van der Waals surface area contributed by atoms with Crippen molar-refractivity contribution >= 4 is 11.5 Å². The summed E-state index contributed by atoms with van der Waals surface area (Å²) < 4.78 is 36.1. The lowest BCUT2D eigenvalue weighted by atomic mass is 10.0. The third-order valence-electron chi connectivity index (χ3n) is 4.44. The number of alkyl halides is 3. The predicted molar refractivity (Wildman–Crippen MR) is 121 cm³/mol. The van der Waals surface area contributed by atoms with E-state index in [2.05, 4.69) is 39.5 Å². The van der Waals surface area contributed by atoms with Crippen LogP contribution in [0.1, 0.15) is 55.1 Å². The maximum Gasteiger partial charge on any atom is 0.416 e. The smallest absolute Gasteiger partial charge is 0.416 e. The molecule has 0 amide bonds. The van der Waals surface area contributed by atoms with Crippen LogP contribution in [0.2, 0.25) is 0 Å². The van der Waals surface area contributed by atoms with Crippen LogP contribution in [0.15, 0.2) is 84.5 Å². The van der Waals surface area contributed by atoms with E-state index in [4.69, 9.17) is 5.11 Å². The fourth-order valence-corrected chi connectivity index (χ4v) is 2.57. The Labute approximate surface area is 182 Å². The summed E-state index contributed by atoms with van der Waals surface area (Å²) in [5, 5.41) is 8.82. The number of hydrogen-bond acceptors (Lipinski definition) is 1. The fourth-order valence-electron chi connectivity index (χ4n) is 2.57. The van der Waals surface area contributed by atoms with Gasteiger partial charge in [-0.3, -0.25) is 0 Å². The number of rotatable bonds is 7. The molecule has 0 aliphatic heterocycles. The van der Waals surface area contributed by atoms with Gasteiger partial charge in [-0.05, 0) is 63.3 Å². The van der Waals surface area contributed by atoms with Gasteiger partial charge in [0, 0.05) is 0 Å². The third-order valence-corrected chi connectivity index (χ3v) is 4.44. The zero-order valence-electron chi connectivity index (χ0n) is 18.2. The monoisotopic (exact) mass is 430 g/mol. The van der Waals surface area contributed by atoms with Crippen molar-refractivity contribution in [2.75, 3.05) is 0 Å². The van der Waals surface area contributed by atoms with E-state index in [9.17, 15) is 18.0 Å². The predicted octanol–water partition coefficient (Wildman–Crippen LogP) is 7.88.